The molecule has 0 fully saturated rings. The zero-order chi connectivity index (χ0) is 15.0. The third kappa shape index (κ3) is 2.78. The zero-order valence-electron chi connectivity index (χ0n) is 11.2. The molecule has 0 aliphatic carbocycles. The summed E-state index contributed by atoms with van der Waals surface area (Å²) < 4.78 is 19.8. The van der Waals surface area contributed by atoms with Gasteiger partial charge < -0.3 is 10.5 Å². The number of carbonyl (C=O) groups is 1. The summed E-state index contributed by atoms with van der Waals surface area (Å²) in [4.78, 5) is 12.4. The van der Waals surface area contributed by atoms with E-state index in [4.69, 9.17) is 10.5 Å². The maximum absolute atomic E-state index is 13.3. The number of rotatable bonds is 3. The zero-order valence-corrected chi connectivity index (χ0v) is 12.7. The van der Waals surface area contributed by atoms with E-state index in [0.717, 1.165) is 27.8 Å². The number of hydrogen-bond acceptors (Lipinski definition) is 3. The molecule has 0 aromatic heterocycles. The fourth-order valence-corrected chi connectivity index (χ4v) is 3.07. The molecule has 1 aliphatic heterocycles. The van der Waals surface area contributed by atoms with Crippen LogP contribution in [0, 0.1) is 5.82 Å². The number of hydrogen-bond donors (Lipinski definition) is 1. The van der Waals surface area contributed by atoms with E-state index in [1.807, 2.05) is 12.1 Å². The molecule has 2 aromatic carbocycles. The Morgan fingerprint density at radius 3 is 2.95 bits per heavy atom. The highest BCUT2D eigenvalue weighted by Gasteiger charge is 2.20. The predicted octanol–water partition coefficient (Wildman–Crippen LogP) is 3.53. The van der Waals surface area contributed by atoms with Crippen molar-refractivity contribution in [3.05, 3.63) is 57.3 Å². The summed E-state index contributed by atoms with van der Waals surface area (Å²) in [6.45, 7) is 0.620. The van der Waals surface area contributed by atoms with E-state index >= 15 is 0 Å². The fourth-order valence-electron chi connectivity index (χ4n) is 2.52. The molecule has 108 valence electrons. The molecular weight excluding hydrogens is 337 g/mol. The SMILES string of the molecule is Nc1ccc(F)cc1C(=O)Cc1cc(Br)cc2c1OCC2. The Labute approximate surface area is 130 Å². The molecule has 0 unspecified atom stereocenters. The first-order chi connectivity index (χ1) is 10.0. The lowest BCUT2D eigenvalue weighted by molar-refractivity contribution is 0.0992. The van der Waals surface area contributed by atoms with E-state index in [0.29, 0.717) is 6.61 Å². The number of anilines is 1. The predicted molar refractivity (Wildman–Crippen MR) is 82.2 cm³/mol. The first kappa shape index (κ1) is 14.1. The molecule has 0 saturated carbocycles. The first-order valence-electron chi connectivity index (χ1n) is 6.57. The summed E-state index contributed by atoms with van der Waals surface area (Å²) in [7, 11) is 0. The van der Waals surface area contributed by atoms with Crippen LogP contribution in [0.15, 0.2) is 34.8 Å². The Kier molecular flexibility index (Phi) is 3.68. The van der Waals surface area contributed by atoms with Gasteiger partial charge in [-0.1, -0.05) is 15.9 Å². The number of benzene rings is 2. The minimum atomic E-state index is -0.469. The standard InChI is InChI=1S/C16H13BrFNO2/c17-11-5-9-3-4-21-16(9)10(6-11)7-15(20)13-8-12(18)1-2-14(13)19/h1-2,5-6,8H,3-4,7,19H2. The number of carbonyl (C=O) groups excluding carboxylic acids is 1. The van der Waals surface area contributed by atoms with Gasteiger partial charge in [-0.25, -0.2) is 4.39 Å². The summed E-state index contributed by atoms with van der Waals surface area (Å²) >= 11 is 3.44. The van der Waals surface area contributed by atoms with Crippen molar-refractivity contribution in [1.29, 1.82) is 0 Å². The molecule has 0 spiro atoms. The van der Waals surface area contributed by atoms with Crippen LogP contribution in [0.5, 0.6) is 5.75 Å². The summed E-state index contributed by atoms with van der Waals surface area (Å²) in [6.07, 6.45) is 0.966. The molecule has 5 heteroatoms. The van der Waals surface area contributed by atoms with Crippen LogP contribution in [-0.4, -0.2) is 12.4 Å². The molecule has 21 heavy (non-hydrogen) atoms. The van der Waals surface area contributed by atoms with Gasteiger partial charge in [0, 0.05) is 34.1 Å². The van der Waals surface area contributed by atoms with Crippen molar-refractivity contribution >= 4 is 27.4 Å². The summed E-state index contributed by atoms with van der Waals surface area (Å²) in [5.41, 5.74) is 8.13. The van der Waals surface area contributed by atoms with E-state index in [9.17, 15) is 9.18 Å². The van der Waals surface area contributed by atoms with E-state index in [1.54, 1.807) is 0 Å². The number of halogens is 2. The second-order valence-corrected chi connectivity index (χ2v) is 5.90. The lowest BCUT2D eigenvalue weighted by atomic mass is 9.99. The van der Waals surface area contributed by atoms with Crippen LogP contribution in [0.1, 0.15) is 21.5 Å². The third-order valence-electron chi connectivity index (χ3n) is 3.49. The highest BCUT2D eigenvalue weighted by atomic mass is 79.9. The Morgan fingerprint density at radius 2 is 2.14 bits per heavy atom. The molecular formula is C16H13BrFNO2. The van der Waals surface area contributed by atoms with Crippen molar-refractivity contribution in [1.82, 2.24) is 0 Å². The lowest BCUT2D eigenvalue weighted by Gasteiger charge is -2.10. The number of fused-ring (bicyclic) bond motifs is 1. The highest BCUT2D eigenvalue weighted by molar-refractivity contribution is 9.10. The van der Waals surface area contributed by atoms with E-state index < -0.39 is 5.82 Å². The monoisotopic (exact) mass is 349 g/mol. The van der Waals surface area contributed by atoms with Crippen LogP contribution < -0.4 is 10.5 Å². The molecule has 0 amide bonds. The molecule has 0 radical (unpaired) electrons. The molecule has 0 saturated heterocycles. The Bertz CT molecular complexity index is 730. The minimum Gasteiger partial charge on any atom is -0.493 e. The smallest absolute Gasteiger partial charge is 0.169 e. The van der Waals surface area contributed by atoms with E-state index in [-0.39, 0.29) is 23.5 Å². The highest BCUT2D eigenvalue weighted by Crippen LogP contribution is 2.34. The van der Waals surface area contributed by atoms with Crippen molar-refractivity contribution in [3.63, 3.8) is 0 Å². The van der Waals surface area contributed by atoms with Crippen molar-refractivity contribution < 1.29 is 13.9 Å². The van der Waals surface area contributed by atoms with Gasteiger partial charge in [0.25, 0.3) is 0 Å². The number of nitrogen functional groups attached to an aromatic ring is 1. The van der Waals surface area contributed by atoms with Gasteiger partial charge in [-0.05, 0) is 35.9 Å². The van der Waals surface area contributed by atoms with Gasteiger partial charge >= 0.3 is 0 Å². The number of ketones is 1. The van der Waals surface area contributed by atoms with Gasteiger partial charge in [0.15, 0.2) is 5.78 Å². The molecule has 2 N–H and O–H groups in total. The Morgan fingerprint density at radius 1 is 1.33 bits per heavy atom. The first-order valence-corrected chi connectivity index (χ1v) is 7.36. The average Bonchev–Trinajstić information content (AvgIpc) is 2.89. The molecule has 1 aliphatic rings. The van der Waals surface area contributed by atoms with Crippen LogP contribution >= 0.6 is 15.9 Å². The lowest BCUT2D eigenvalue weighted by Crippen LogP contribution is -2.08. The Hall–Kier alpha value is -1.88. The largest absolute Gasteiger partial charge is 0.493 e. The van der Waals surface area contributed by atoms with E-state index in [2.05, 4.69) is 15.9 Å². The molecule has 3 nitrogen and oxygen atoms in total. The van der Waals surface area contributed by atoms with Crippen LogP contribution in [0.4, 0.5) is 10.1 Å². The van der Waals surface area contributed by atoms with Crippen LogP contribution in [0.3, 0.4) is 0 Å². The van der Waals surface area contributed by atoms with Crippen LogP contribution in [0.2, 0.25) is 0 Å². The van der Waals surface area contributed by atoms with Crippen LogP contribution in [-0.2, 0) is 12.8 Å². The van der Waals surface area contributed by atoms with Crippen molar-refractivity contribution in [2.75, 3.05) is 12.3 Å². The van der Waals surface area contributed by atoms with E-state index in [1.165, 1.54) is 18.2 Å². The Balaban J connectivity index is 1.94. The summed E-state index contributed by atoms with van der Waals surface area (Å²) in [6, 6.07) is 7.68. The summed E-state index contributed by atoms with van der Waals surface area (Å²) in [5.74, 6) is 0.0765. The van der Waals surface area contributed by atoms with Crippen molar-refractivity contribution in [2.24, 2.45) is 0 Å². The average molecular weight is 350 g/mol. The molecule has 0 bridgehead atoms. The molecule has 3 rings (SSSR count). The topological polar surface area (TPSA) is 52.3 Å². The second kappa shape index (κ2) is 5.48. The fraction of sp³-hybridized carbons (Fsp3) is 0.188. The van der Waals surface area contributed by atoms with Gasteiger partial charge in [-0.15, -0.1) is 0 Å². The summed E-state index contributed by atoms with van der Waals surface area (Å²) in [5, 5.41) is 0. The molecule has 1 heterocycles. The van der Waals surface area contributed by atoms with Crippen molar-refractivity contribution in [2.45, 2.75) is 12.8 Å². The molecule has 0 atom stereocenters. The van der Waals surface area contributed by atoms with Gasteiger partial charge in [0.2, 0.25) is 0 Å². The molecule has 2 aromatic rings. The van der Waals surface area contributed by atoms with Gasteiger partial charge in [-0.2, -0.15) is 0 Å². The maximum atomic E-state index is 13.3. The number of Topliss-reactive ketones (excluding diaryl/α,β-unsaturated/α-hetero) is 1. The normalized spacial score (nSPS) is 12.9. The van der Waals surface area contributed by atoms with Crippen LogP contribution in [0.25, 0.3) is 0 Å². The van der Waals surface area contributed by atoms with Crippen molar-refractivity contribution in [3.8, 4) is 5.75 Å². The van der Waals surface area contributed by atoms with Gasteiger partial charge in [0.05, 0.1) is 6.61 Å². The maximum Gasteiger partial charge on any atom is 0.169 e. The second-order valence-electron chi connectivity index (χ2n) is 4.98. The third-order valence-corrected chi connectivity index (χ3v) is 3.95. The minimum absolute atomic E-state index is 0.134. The van der Waals surface area contributed by atoms with Gasteiger partial charge in [0.1, 0.15) is 11.6 Å². The number of ether oxygens (including phenoxy) is 1. The van der Waals surface area contributed by atoms with Gasteiger partial charge in [-0.3, -0.25) is 4.79 Å². The quantitative estimate of drug-likeness (QED) is 0.681. The number of nitrogens with two attached hydrogens (primary N) is 1.